The van der Waals surface area contributed by atoms with Crippen LogP contribution in [0.2, 0.25) is 5.02 Å². The van der Waals surface area contributed by atoms with E-state index in [0.29, 0.717) is 23.2 Å². The van der Waals surface area contributed by atoms with E-state index in [0.717, 1.165) is 35.9 Å². The predicted octanol–water partition coefficient (Wildman–Crippen LogP) is 6.74. The van der Waals surface area contributed by atoms with Crippen molar-refractivity contribution in [3.8, 4) is 11.3 Å². The molecule has 5 rings (SSSR count). The van der Waals surface area contributed by atoms with Gasteiger partial charge in [0.05, 0.1) is 21.6 Å². The summed E-state index contributed by atoms with van der Waals surface area (Å²) in [6.07, 6.45) is 5.37. The molecule has 2 heterocycles. The zero-order valence-corrected chi connectivity index (χ0v) is 25.1. The summed E-state index contributed by atoms with van der Waals surface area (Å²) >= 11 is 6.06. The number of nitrogens with two attached hydrogens (primary N) is 1. The number of nitrogens with one attached hydrogen (secondary N) is 2. The molecule has 0 aliphatic heterocycles. The van der Waals surface area contributed by atoms with Gasteiger partial charge in [0.15, 0.2) is 0 Å². The zero-order chi connectivity index (χ0) is 30.2. The molecule has 0 unspecified atom stereocenters. The van der Waals surface area contributed by atoms with Gasteiger partial charge in [-0.25, -0.2) is 22.2 Å². The fourth-order valence-electron chi connectivity index (χ4n) is 5.21. The van der Waals surface area contributed by atoms with Gasteiger partial charge in [0, 0.05) is 36.0 Å². The number of hydrogen-bond donors (Lipinski definition) is 3. The lowest BCUT2D eigenvalue weighted by atomic mass is 9.90. The van der Waals surface area contributed by atoms with Crippen LogP contribution < -0.4 is 15.8 Å². The van der Waals surface area contributed by atoms with Crippen LogP contribution in [0.15, 0.2) is 59.6 Å². The average Bonchev–Trinajstić information content (AvgIpc) is 3.36. The quantitative estimate of drug-likeness (QED) is 0.192. The highest BCUT2D eigenvalue weighted by Crippen LogP contribution is 2.40. The van der Waals surface area contributed by atoms with Gasteiger partial charge in [0.1, 0.15) is 28.4 Å². The second kappa shape index (κ2) is 12.0. The standard InChI is InChI=1S/C30H33ClF2N6O2S/c1-17(2)39-29-22(19-8-11-21(12-9-19)35-15-18(3)32)16-36-30(34)27(29)28(37-39)20-10-13-25(24(33)14-20)38-42(40,41)26-7-5-4-6-23(26)31/h4-8,10,13-14,16-18,21,35,38H,9,11-12,15H2,1-3H3,(H2,34,36)/t18-,21+/m0/s1. The van der Waals surface area contributed by atoms with E-state index >= 15 is 4.39 Å². The summed E-state index contributed by atoms with van der Waals surface area (Å²) in [6, 6.07) is 10.3. The highest BCUT2D eigenvalue weighted by molar-refractivity contribution is 7.92. The first-order valence-electron chi connectivity index (χ1n) is 13.8. The molecule has 0 bridgehead atoms. The molecule has 2 atom stereocenters. The Labute approximate surface area is 249 Å². The van der Waals surface area contributed by atoms with E-state index in [1.807, 2.05) is 18.5 Å². The number of sulfonamides is 1. The second-order valence-corrected chi connectivity index (χ2v) is 12.8. The lowest BCUT2D eigenvalue weighted by molar-refractivity contribution is 0.323. The molecule has 4 aromatic rings. The molecule has 42 heavy (non-hydrogen) atoms. The molecule has 0 amide bonds. The number of nitrogen functional groups attached to an aromatic ring is 1. The third-order valence-corrected chi connectivity index (χ3v) is 9.17. The first-order valence-corrected chi connectivity index (χ1v) is 15.6. The molecule has 2 aromatic carbocycles. The molecule has 1 aliphatic carbocycles. The summed E-state index contributed by atoms with van der Waals surface area (Å²) in [5.41, 5.74) is 9.83. The minimum absolute atomic E-state index is 0.0284. The van der Waals surface area contributed by atoms with E-state index in [-0.39, 0.29) is 33.5 Å². The normalized spacial score (nSPS) is 16.5. The Morgan fingerprint density at radius 1 is 1.19 bits per heavy atom. The fourth-order valence-corrected chi connectivity index (χ4v) is 6.79. The van der Waals surface area contributed by atoms with Crippen LogP contribution in [0.4, 0.5) is 20.3 Å². The number of allylic oxidation sites excluding steroid dienone is 1. The van der Waals surface area contributed by atoms with Crippen LogP contribution >= 0.6 is 11.6 Å². The number of pyridine rings is 1. The average molecular weight is 615 g/mol. The van der Waals surface area contributed by atoms with Crippen LogP contribution in [0.1, 0.15) is 51.6 Å². The predicted molar refractivity (Wildman–Crippen MR) is 164 cm³/mol. The number of rotatable bonds is 9. The van der Waals surface area contributed by atoms with Gasteiger partial charge in [-0.2, -0.15) is 5.10 Å². The molecule has 0 fully saturated rings. The summed E-state index contributed by atoms with van der Waals surface area (Å²) in [5.74, 6) is -0.526. The molecule has 1 aliphatic rings. The molecule has 12 heteroatoms. The molecular weight excluding hydrogens is 582 g/mol. The van der Waals surface area contributed by atoms with E-state index in [2.05, 4.69) is 21.1 Å². The number of nitrogens with zero attached hydrogens (tertiary/aromatic N) is 3. The summed E-state index contributed by atoms with van der Waals surface area (Å²) in [4.78, 5) is 4.32. The third kappa shape index (κ3) is 5.99. The van der Waals surface area contributed by atoms with Crippen molar-refractivity contribution in [2.45, 2.75) is 63.2 Å². The third-order valence-electron chi connectivity index (χ3n) is 7.30. The lowest BCUT2D eigenvalue weighted by Crippen LogP contribution is -2.34. The number of anilines is 2. The van der Waals surface area contributed by atoms with Crippen molar-refractivity contribution in [2.24, 2.45) is 0 Å². The van der Waals surface area contributed by atoms with Crippen molar-refractivity contribution < 1.29 is 17.2 Å². The van der Waals surface area contributed by atoms with Crippen LogP contribution in [0.5, 0.6) is 0 Å². The van der Waals surface area contributed by atoms with Gasteiger partial charge in [0.25, 0.3) is 10.0 Å². The number of fused-ring (bicyclic) bond motifs is 1. The van der Waals surface area contributed by atoms with Gasteiger partial charge < -0.3 is 11.1 Å². The molecular formula is C30H33ClF2N6O2S. The number of alkyl halides is 1. The van der Waals surface area contributed by atoms with Crippen molar-refractivity contribution in [3.05, 3.63) is 71.1 Å². The van der Waals surface area contributed by atoms with Crippen LogP contribution in [0.3, 0.4) is 0 Å². The summed E-state index contributed by atoms with van der Waals surface area (Å²) < 4.78 is 58.6. The Kier molecular flexibility index (Phi) is 8.54. The highest BCUT2D eigenvalue weighted by atomic mass is 35.5. The lowest BCUT2D eigenvalue weighted by Gasteiger charge is -2.24. The van der Waals surface area contributed by atoms with Crippen molar-refractivity contribution >= 4 is 49.6 Å². The van der Waals surface area contributed by atoms with Gasteiger partial charge in [-0.3, -0.25) is 9.40 Å². The molecule has 0 saturated heterocycles. The fraction of sp³-hybridized carbons (Fsp3) is 0.333. The highest BCUT2D eigenvalue weighted by Gasteiger charge is 2.25. The van der Waals surface area contributed by atoms with Crippen LogP contribution in [-0.4, -0.2) is 41.9 Å². The maximum atomic E-state index is 15.4. The van der Waals surface area contributed by atoms with Gasteiger partial charge in [-0.15, -0.1) is 0 Å². The summed E-state index contributed by atoms with van der Waals surface area (Å²) in [7, 11) is -4.12. The molecule has 0 radical (unpaired) electrons. The summed E-state index contributed by atoms with van der Waals surface area (Å²) in [5, 5.41) is 8.73. The van der Waals surface area contributed by atoms with Crippen molar-refractivity contribution in [3.63, 3.8) is 0 Å². The van der Waals surface area contributed by atoms with Crippen LogP contribution in [0.25, 0.3) is 27.7 Å². The monoisotopic (exact) mass is 614 g/mol. The summed E-state index contributed by atoms with van der Waals surface area (Å²) in [6.45, 7) is 5.85. The topological polar surface area (TPSA) is 115 Å². The Balaban J connectivity index is 1.52. The van der Waals surface area contributed by atoms with Gasteiger partial charge >= 0.3 is 0 Å². The van der Waals surface area contributed by atoms with E-state index in [4.69, 9.17) is 22.4 Å². The Morgan fingerprint density at radius 2 is 1.95 bits per heavy atom. The zero-order valence-electron chi connectivity index (χ0n) is 23.5. The van der Waals surface area contributed by atoms with E-state index in [1.165, 1.54) is 37.3 Å². The van der Waals surface area contributed by atoms with Crippen molar-refractivity contribution in [2.75, 3.05) is 17.0 Å². The minimum atomic E-state index is -4.12. The first kappa shape index (κ1) is 29.9. The molecule has 8 nitrogen and oxygen atoms in total. The molecule has 0 saturated carbocycles. The van der Waals surface area contributed by atoms with Gasteiger partial charge in [-0.1, -0.05) is 35.9 Å². The molecule has 4 N–H and O–H groups in total. The molecule has 2 aromatic heterocycles. The minimum Gasteiger partial charge on any atom is -0.383 e. The Hall–Kier alpha value is -3.54. The number of hydrogen-bond acceptors (Lipinski definition) is 6. The van der Waals surface area contributed by atoms with E-state index in [1.54, 1.807) is 18.3 Å². The van der Waals surface area contributed by atoms with Crippen molar-refractivity contribution in [1.29, 1.82) is 0 Å². The SMILES string of the molecule is CC(C)n1nc(-c2ccc(NS(=O)(=O)c3ccccc3Cl)c(F)c2)c2c(N)ncc(C3=CC[C@@H](NC[C@H](C)F)CC3)c21. The van der Waals surface area contributed by atoms with Crippen molar-refractivity contribution in [1.82, 2.24) is 20.1 Å². The second-order valence-electron chi connectivity index (χ2n) is 10.8. The smallest absolute Gasteiger partial charge is 0.263 e. The Morgan fingerprint density at radius 3 is 2.60 bits per heavy atom. The number of benzene rings is 2. The van der Waals surface area contributed by atoms with E-state index < -0.39 is 22.0 Å². The maximum absolute atomic E-state index is 15.4. The maximum Gasteiger partial charge on any atom is 0.263 e. The first-order chi connectivity index (χ1) is 20.0. The number of halogens is 3. The largest absolute Gasteiger partial charge is 0.383 e. The van der Waals surface area contributed by atoms with Crippen LogP contribution in [-0.2, 0) is 10.0 Å². The van der Waals surface area contributed by atoms with Gasteiger partial charge in [-0.05, 0) is 69.9 Å². The Bertz CT molecular complexity index is 1770. The van der Waals surface area contributed by atoms with Crippen LogP contribution in [0, 0.1) is 5.82 Å². The molecule has 0 spiro atoms. The number of aromatic nitrogens is 3. The molecule has 222 valence electrons. The van der Waals surface area contributed by atoms with Gasteiger partial charge in [0.2, 0.25) is 0 Å². The van der Waals surface area contributed by atoms with E-state index in [9.17, 15) is 12.8 Å².